The zero-order chi connectivity index (χ0) is 12.1. The number of fused-ring (bicyclic) bond motifs is 5. The van der Waals surface area contributed by atoms with E-state index in [0.29, 0.717) is 18.4 Å². The fraction of sp³-hybridized carbons (Fsp3) is 0.929. The SMILES string of the molecule is O=C(NCC1CNCCO1)C1C2C3CCC(C3)C12. The number of carbonyl (C=O) groups excluding carboxylic acids is 1. The van der Waals surface area contributed by atoms with Crippen molar-refractivity contribution in [1.82, 2.24) is 10.6 Å². The summed E-state index contributed by atoms with van der Waals surface area (Å²) in [6, 6.07) is 0. The number of ether oxygens (including phenoxy) is 1. The van der Waals surface area contributed by atoms with Crippen LogP contribution in [0.15, 0.2) is 0 Å². The molecule has 18 heavy (non-hydrogen) atoms. The first kappa shape index (κ1) is 11.2. The minimum absolute atomic E-state index is 0.165. The van der Waals surface area contributed by atoms with E-state index in [1.54, 1.807) is 0 Å². The highest BCUT2D eigenvalue weighted by Gasteiger charge is 2.67. The van der Waals surface area contributed by atoms with Crippen LogP contribution in [0.5, 0.6) is 0 Å². The highest BCUT2D eigenvalue weighted by atomic mass is 16.5. The van der Waals surface area contributed by atoms with E-state index in [2.05, 4.69) is 10.6 Å². The predicted molar refractivity (Wildman–Crippen MR) is 66.9 cm³/mol. The summed E-state index contributed by atoms with van der Waals surface area (Å²) in [5.74, 6) is 3.90. The topological polar surface area (TPSA) is 50.4 Å². The largest absolute Gasteiger partial charge is 0.374 e. The number of morpholine rings is 1. The molecule has 4 aliphatic rings. The van der Waals surface area contributed by atoms with E-state index in [9.17, 15) is 4.79 Å². The number of nitrogens with one attached hydrogen (secondary N) is 2. The first-order valence-corrected chi connectivity index (χ1v) is 7.44. The van der Waals surface area contributed by atoms with Crippen LogP contribution in [0, 0.1) is 29.6 Å². The average molecular weight is 250 g/mol. The Morgan fingerprint density at radius 1 is 1.28 bits per heavy atom. The van der Waals surface area contributed by atoms with Gasteiger partial charge in [0.05, 0.1) is 12.7 Å². The van der Waals surface area contributed by atoms with Crippen LogP contribution in [-0.2, 0) is 9.53 Å². The maximum absolute atomic E-state index is 12.2. The van der Waals surface area contributed by atoms with Gasteiger partial charge in [-0.25, -0.2) is 0 Å². The van der Waals surface area contributed by atoms with Crippen molar-refractivity contribution < 1.29 is 9.53 Å². The normalized spacial score (nSPS) is 48.9. The molecule has 4 rings (SSSR count). The summed E-state index contributed by atoms with van der Waals surface area (Å²) >= 11 is 0. The van der Waals surface area contributed by atoms with Crippen molar-refractivity contribution in [1.29, 1.82) is 0 Å². The van der Waals surface area contributed by atoms with Gasteiger partial charge >= 0.3 is 0 Å². The number of hydrogen-bond donors (Lipinski definition) is 2. The van der Waals surface area contributed by atoms with Gasteiger partial charge in [-0.2, -0.15) is 0 Å². The third-order valence-electron chi connectivity index (χ3n) is 5.55. The first-order valence-electron chi connectivity index (χ1n) is 7.44. The van der Waals surface area contributed by atoms with E-state index in [4.69, 9.17) is 4.74 Å². The van der Waals surface area contributed by atoms with Gasteiger partial charge < -0.3 is 15.4 Å². The van der Waals surface area contributed by atoms with Gasteiger partial charge in [-0.05, 0) is 42.9 Å². The second-order valence-electron chi connectivity index (χ2n) is 6.46. The van der Waals surface area contributed by atoms with Crippen molar-refractivity contribution in [2.75, 3.05) is 26.2 Å². The van der Waals surface area contributed by atoms with Crippen LogP contribution in [-0.4, -0.2) is 38.3 Å². The quantitative estimate of drug-likeness (QED) is 0.761. The first-order chi connectivity index (χ1) is 8.84. The molecule has 5 atom stereocenters. The minimum Gasteiger partial charge on any atom is -0.374 e. The van der Waals surface area contributed by atoms with Crippen molar-refractivity contribution in [3.63, 3.8) is 0 Å². The van der Waals surface area contributed by atoms with Crippen molar-refractivity contribution in [3.05, 3.63) is 0 Å². The molecule has 3 saturated carbocycles. The molecule has 4 fully saturated rings. The van der Waals surface area contributed by atoms with Crippen molar-refractivity contribution >= 4 is 5.91 Å². The minimum atomic E-state index is 0.165. The molecule has 5 unspecified atom stereocenters. The van der Waals surface area contributed by atoms with Crippen LogP contribution in [0.4, 0.5) is 0 Å². The van der Waals surface area contributed by atoms with Gasteiger partial charge in [-0.15, -0.1) is 0 Å². The summed E-state index contributed by atoms with van der Waals surface area (Å²) in [6.07, 6.45) is 4.34. The number of hydrogen-bond acceptors (Lipinski definition) is 3. The molecule has 2 N–H and O–H groups in total. The van der Waals surface area contributed by atoms with E-state index in [1.807, 2.05) is 0 Å². The molecule has 1 saturated heterocycles. The smallest absolute Gasteiger partial charge is 0.223 e. The lowest BCUT2D eigenvalue weighted by Crippen LogP contribution is -2.45. The third kappa shape index (κ3) is 1.69. The maximum atomic E-state index is 12.2. The van der Waals surface area contributed by atoms with Crippen molar-refractivity contribution in [2.45, 2.75) is 25.4 Å². The van der Waals surface area contributed by atoms with Gasteiger partial charge in [0.25, 0.3) is 0 Å². The van der Waals surface area contributed by atoms with E-state index in [1.165, 1.54) is 19.3 Å². The van der Waals surface area contributed by atoms with Crippen LogP contribution in [0.25, 0.3) is 0 Å². The van der Waals surface area contributed by atoms with Crippen molar-refractivity contribution in [3.8, 4) is 0 Å². The third-order valence-corrected chi connectivity index (χ3v) is 5.55. The van der Waals surface area contributed by atoms with E-state index >= 15 is 0 Å². The molecule has 4 heteroatoms. The molecule has 4 nitrogen and oxygen atoms in total. The Bertz CT molecular complexity index is 338. The molecule has 0 aromatic rings. The summed E-state index contributed by atoms with van der Waals surface area (Å²) in [5.41, 5.74) is 0. The van der Waals surface area contributed by atoms with E-state index < -0.39 is 0 Å². The zero-order valence-electron chi connectivity index (χ0n) is 10.7. The van der Waals surface area contributed by atoms with Gasteiger partial charge in [-0.1, -0.05) is 0 Å². The fourth-order valence-corrected chi connectivity index (χ4v) is 4.76. The molecule has 3 aliphatic carbocycles. The Morgan fingerprint density at radius 2 is 2.06 bits per heavy atom. The summed E-state index contributed by atoms with van der Waals surface area (Å²) < 4.78 is 5.60. The van der Waals surface area contributed by atoms with Crippen LogP contribution in [0.2, 0.25) is 0 Å². The van der Waals surface area contributed by atoms with Gasteiger partial charge in [0.15, 0.2) is 0 Å². The lowest BCUT2D eigenvalue weighted by atomic mass is 10.0. The van der Waals surface area contributed by atoms with Gasteiger partial charge in [0.2, 0.25) is 5.91 Å². The van der Waals surface area contributed by atoms with Gasteiger partial charge in [-0.3, -0.25) is 4.79 Å². The molecule has 0 radical (unpaired) electrons. The summed E-state index contributed by atoms with van der Waals surface area (Å²) in [4.78, 5) is 12.2. The Morgan fingerprint density at radius 3 is 2.72 bits per heavy atom. The van der Waals surface area contributed by atoms with E-state index in [0.717, 1.165) is 43.4 Å². The Kier molecular flexibility index (Phi) is 2.62. The molecule has 0 aromatic carbocycles. The average Bonchev–Trinajstić information content (AvgIpc) is 2.86. The second kappa shape index (κ2) is 4.20. The number of rotatable bonds is 3. The Hall–Kier alpha value is -0.610. The molecular formula is C14H22N2O2. The summed E-state index contributed by atoms with van der Waals surface area (Å²) in [7, 11) is 0. The highest BCUT2D eigenvalue weighted by molar-refractivity contribution is 5.82. The predicted octanol–water partition coefficient (Wildman–Crippen LogP) is 0.383. The van der Waals surface area contributed by atoms with Crippen LogP contribution < -0.4 is 10.6 Å². The van der Waals surface area contributed by atoms with Crippen LogP contribution in [0.3, 0.4) is 0 Å². The number of carbonyl (C=O) groups is 1. The number of amides is 1. The second-order valence-corrected chi connectivity index (χ2v) is 6.46. The lowest BCUT2D eigenvalue weighted by molar-refractivity contribution is -0.124. The molecular weight excluding hydrogens is 228 g/mol. The van der Waals surface area contributed by atoms with Gasteiger partial charge in [0, 0.05) is 25.6 Å². The molecule has 1 amide bonds. The van der Waals surface area contributed by atoms with Crippen LogP contribution >= 0.6 is 0 Å². The van der Waals surface area contributed by atoms with Gasteiger partial charge in [0.1, 0.15) is 0 Å². The molecule has 0 aromatic heterocycles. The molecule has 1 heterocycles. The highest BCUT2D eigenvalue weighted by Crippen LogP contribution is 2.69. The fourth-order valence-electron chi connectivity index (χ4n) is 4.76. The summed E-state index contributed by atoms with van der Waals surface area (Å²) in [6.45, 7) is 3.24. The molecule has 100 valence electrons. The van der Waals surface area contributed by atoms with Crippen LogP contribution in [0.1, 0.15) is 19.3 Å². The molecule has 1 aliphatic heterocycles. The summed E-state index contributed by atoms with van der Waals surface area (Å²) in [5, 5.41) is 6.40. The Balaban J connectivity index is 1.28. The Labute approximate surface area is 108 Å². The zero-order valence-corrected chi connectivity index (χ0v) is 10.7. The van der Waals surface area contributed by atoms with Crippen molar-refractivity contribution in [2.24, 2.45) is 29.6 Å². The maximum Gasteiger partial charge on any atom is 0.223 e. The molecule has 2 bridgehead atoms. The lowest BCUT2D eigenvalue weighted by Gasteiger charge is -2.24. The molecule has 0 spiro atoms. The standard InChI is InChI=1S/C14H22N2O2/c17-14(16-7-10-6-15-3-4-18-10)13-11-8-1-2-9(5-8)12(11)13/h8-13,15H,1-7H2,(H,16,17). The monoisotopic (exact) mass is 250 g/mol. The van der Waals surface area contributed by atoms with E-state index in [-0.39, 0.29) is 6.10 Å².